The molecule has 0 aromatic carbocycles. The van der Waals surface area contributed by atoms with Gasteiger partial charge in [-0.1, -0.05) is 26.6 Å². The minimum Gasteiger partial charge on any atom is -0.207 e. The predicted octanol–water partition coefficient (Wildman–Crippen LogP) is 3.62. The van der Waals surface area contributed by atoms with E-state index in [0.29, 0.717) is 6.04 Å². The molecule has 0 aliphatic carbocycles. The molecule has 0 saturated carbocycles. The van der Waals surface area contributed by atoms with Crippen LogP contribution in [0.2, 0.25) is 25.7 Å². The summed E-state index contributed by atoms with van der Waals surface area (Å²) in [4.78, 5) is 0. The second-order valence-corrected chi connectivity index (χ2v) is 10.2. The number of hydrogen-bond donors (Lipinski definition) is 0. The van der Waals surface area contributed by atoms with Gasteiger partial charge in [0.25, 0.3) is 0 Å². The SMILES string of the molecule is CC(C[Si](C)(C)C)C(C)(F)F. The molecule has 0 aliphatic rings. The second-order valence-electron chi connectivity index (χ2n) is 4.62. The van der Waals surface area contributed by atoms with Gasteiger partial charge < -0.3 is 0 Å². The van der Waals surface area contributed by atoms with Crippen molar-refractivity contribution in [1.82, 2.24) is 0 Å². The molecule has 0 heterocycles. The molecule has 11 heavy (non-hydrogen) atoms. The summed E-state index contributed by atoms with van der Waals surface area (Å²) in [5, 5.41) is 0. The van der Waals surface area contributed by atoms with Crippen molar-refractivity contribution in [1.29, 1.82) is 0 Å². The smallest absolute Gasteiger partial charge is 0.207 e. The molecule has 1 unspecified atom stereocenters. The van der Waals surface area contributed by atoms with Crippen LogP contribution in [-0.2, 0) is 0 Å². The highest BCUT2D eigenvalue weighted by Crippen LogP contribution is 2.30. The lowest BCUT2D eigenvalue weighted by molar-refractivity contribution is -0.0255. The quantitative estimate of drug-likeness (QED) is 0.582. The molecule has 0 saturated heterocycles. The largest absolute Gasteiger partial charge is 0.247 e. The Labute approximate surface area is 69.0 Å². The maximum atomic E-state index is 12.7. The molecule has 0 aromatic rings. The van der Waals surface area contributed by atoms with Crippen LogP contribution in [0.25, 0.3) is 0 Å². The van der Waals surface area contributed by atoms with E-state index in [1.807, 2.05) is 0 Å². The van der Waals surface area contributed by atoms with E-state index in [2.05, 4.69) is 19.6 Å². The fourth-order valence-electron chi connectivity index (χ4n) is 1.10. The van der Waals surface area contributed by atoms with Gasteiger partial charge in [0, 0.05) is 14.0 Å². The van der Waals surface area contributed by atoms with E-state index < -0.39 is 19.9 Å². The van der Waals surface area contributed by atoms with Gasteiger partial charge in [-0.25, -0.2) is 8.78 Å². The third-order valence-electron chi connectivity index (χ3n) is 1.78. The van der Waals surface area contributed by atoms with Crippen LogP contribution < -0.4 is 0 Å². The van der Waals surface area contributed by atoms with Gasteiger partial charge in [-0.2, -0.15) is 0 Å². The van der Waals surface area contributed by atoms with Crippen molar-refractivity contribution in [3.63, 3.8) is 0 Å². The highest BCUT2D eigenvalue weighted by atomic mass is 28.3. The summed E-state index contributed by atoms with van der Waals surface area (Å²) in [6, 6.07) is 0.705. The van der Waals surface area contributed by atoms with Crippen LogP contribution in [0.4, 0.5) is 8.78 Å². The minimum atomic E-state index is -2.50. The zero-order valence-corrected chi connectivity index (χ0v) is 9.04. The monoisotopic (exact) mass is 180 g/mol. The highest BCUT2D eigenvalue weighted by molar-refractivity contribution is 6.76. The van der Waals surface area contributed by atoms with E-state index >= 15 is 0 Å². The van der Waals surface area contributed by atoms with Crippen LogP contribution in [0.3, 0.4) is 0 Å². The standard InChI is InChI=1S/C8H18F2Si/c1-7(8(2,9)10)6-11(3,4)5/h7H,6H2,1-5H3. The first kappa shape index (κ1) is 11.1. The summed E-state index contributed by atoms with van der Waals surface area (Å²) in [5.41, 5.74) is 0. The molecule has 1 atom stereocenters. The van der Waals surface area contributed by atoms with Crippen molar-refractivity contribution in [2.45, 2.75) is 45.5 Å². The molecule has 68 valence electrons. The summed E-state index contributed by atoms with van der Waals surface area (Å²) in [5.74, 6) is -2.96. The zero-order valence-electron chi connectivity index (χ0n) is 8.04. The minimum absolute atomic E-state index is 0.464. The molecule has 0 amide bonds. The van der Waals surface area contributed by atoms with E-state index in [9.17, 15) is 8.78 Å². The van der Waals surface area contributed by atoms with E-state index in [-0.39, 0.29) is 0 Å². The van der Waals surface area contributed by atoms with Crippen molar-refractivity contribution < 1.29 is 8.78 Å². The van der Waals surface area contributed by atoms with Gasteiger partial charge >= 0.3 is 0 Å². The van der Waals surface area contributed by atoms with Gasteiger partial charge in [0.15, 0.2) is 0 Å². The average Bonchev–Trinajstić information content (AvgIpc) is 1.56. The van der Waals surface area contributed by atoms with Gasteiger partial charge in [-0.05, 0) is 13.0 Å². The van der Waals surface area contributed by atoms with Crippen molar-refractivity contribution in [3.05, 3.63) is 0 Å². The molecular formula is C8H18F2Si. The van der Waals surface area contributed by atoms with Crippen molar-refractivity contribution in [3.8, 4) is 0 Å². The van der Waals surface area contributed by atoms with Crippen LogP contribution in [0.5, 0.6) is 0 Å². The first-order chi connectivity index (χ1) is 4.63. The topological polar surface area (TPSA) is 0 Å². The highest BCUT2D eigenvalue weighted by Gasteiger charge is 2.33. The summed E-state index contributed by atoms with van der Waals surface area (Å²) >= 11 is 0. The normalized spacial score (nSPS) is 16.6. The number of hydrogen-bond acceptors (Lipinski definition) is 0. The van der Waals surface area contributed by atoms with Crippen molar-refractivity contribution in [2.75, 3.05) is 0 Å². The summed E-state index contributed by atoms with van der Waals surface area (Å²) < 4.78 is 25.3. The molecule has 3 heteroatoms. The first-order valence-electron chi connectivity index (χ1n) is 4.01. The number of halogens is 2. The third kappa shape index (κ3) is 5.36. The van der Waals surface area contributed by atoms with Gasteiger partial charge in [0.2, 0.25) is 5.92 Å². The second kappa shape index (κ2) is 3.21. The molecule has 0 fully saturated rings. The zero-order chi connectivity index (χ0) is 9.28. The van der Waals surface area contributed by atoms with Crippen molar-refractivity contribution in [2.24, 2.45) is 5.92 Å². The van der Waals surface area contributed by atoms with E-state index in [4.69, 9.17) is 0 Å². The van der Waals surface area contributed by atoms with Gasteiger partial charge in [-0.3, -0.25) is 0 Å². The van der Waals surface area contributed by atoms with E-state index in [1.54, 1.807) is 6.92 Å². The molecule has 0 rings (SSSR count). The lowest BCUT2D eigenvalue weighted by Gasteiger charge is -2.25. The Bertz CT molecular complexity index is 121. The van der Waals surface area contributed by atoms with Crippen LogP contribution in [0.15, 0.2) is 0 Å². The third-order valence-corrected chi connectivity index (χ3v) is 3.62. The summed E-state index contributed by atoms with van der Waals surface area (Å²) in [6.45, 7) is 9.01. The number of alkyl halides is 2. The fraction of sp³-hybridized carbons (Fsp3) is 1.00. The summed E-state index contributed by atoms with van der Waals surface area (Å²) in [7, 11) is -1.31. The van der Waals surface area contributed by atoms with Crippen LogP contribution in [0.1, 0.15) is 13.8 Å². The van der Waals surface area contributed by atoms with Crippen LogP contribution in [0, 0.1) is 5.92 Å². The molecular weight excluding hydrogens is 162 g/mol. The molecule has 0 N–H and O–H groups in total. The van der Waals surface area contributed by atoms with Gasteiger partial charge in [0.1, 0.15) is 0 Å². The Kier molecular flexibility index (Phi) is 3.23. The lowest BCUT2D eigenvalue weighted by Crippen LogP contribution is -2.31. The number of rotatable bonds is 3. The Balaban J connectivity index is 3.99. The Morgan fingerprint density at radius 3 is 1.73 bits per heavy atom. The van der Waals surface area contributed by atoms with Gasteiger partial charge in [-0.15, -0.1) is 0 Å². The molecule has 0 radical (unpaired) electrons. The fourth-order valence-corrected chi connectivity index (χ4v) is 3.29. The van der Waals surface area contributed by atoms with E-state index in [0.717, 1.165) is 6.92 Å². The van der Waals surface area contributed by atoms with E-state index in [1.165, 1.54) is 0 Å². The average molecular weight is 180 g/mol. The maximum Gasteiger partial charge on any atom is 0.247 e. The molecule has 0 spiro atoms. The van der Waals surface area contributed by atoms with Crippen molar-refractivity contribution >= 4 is 8.07 Å². The molecule has 0 nitrogen and oxygen atoms in total. The Hall–Kier alpha value is 0.0769. The van der Waals surface area contributed by atoms with Crippen LogP contribution in [-0.4, -0.2) is 14.0 Å². The first-order valence-corrected chi connectivity index (χ1v) is 7.71. The maximum absolute atomic E-state index is 12.7. The molecule has 0 aliphatic heterocycles. The predicted molar refractivity (Wildman–Crippen MR) is 47.9 cm³/mol. The van der Waals surface area contributed by atoms with Crippen LogP contribution >= 0.6 is 0 Å². The molecule has 0 bridgehead atoms. The Morgan fingerprint density at radius 2 is 1.64 bits per heavy atom. The lowest BCUT2D eigenvalue weighted by atomic mass is 10.1. The summed E-state index contributed by atoms with van der Waals surface area (Å²) in [6.07, 6.45) is 0. The van der Waals surface area contributed by atoms with Gasteiger partial charge in [0.05, 0.1) is 0 Å². The Morgan fingerprint density at radius 1 is 1.27 bits per heavy atom. The molecule has 0 aromatic heterocycles.